The second-order valence-corrected chi connectivity index (χ2v) is 5.05. The van der Waals surface area contributed by atoms with Crippen LogP contribution in [0, 0.1) is 11.8 Å². The van der Waals surface area contributed by atoms with E-state index in [1.807, 2.05) is 11.8 Å². The number of nitrogens with two attached hydrogens (primary N) is 1. The summed E-state index contributed by atoms with van der Waals surface area (Å²) in [6.45, 7) is 8.13. The molecule has 3 heteroatoms. The molecule has 88 valence electrons. The van der Waals surface area contributed by atoms with Crippen molar-refractivity contribution >= 4 is 5.91 Å². The van der Waals surface area contributed by atoms with Crippen LogP contribution in [0.5, 0.6) is 0 Å². The van der Waals surface area contributed by atoms with Crippen LogP contribution in [0.15, 0.2) is 0 Å². The monoisotopic (exact) mass is 212 g/mol. The molecule has 15 heavy (non-hydrogen) atoms. The summed E-state index contributed by atoms with van der Waals surface area (Å²) in [5.74, 6) is 1.47. The Morgan fingerprint density at radius 2 is 2.13 bits per heavy atom. The Hall–Kier alpha value is -0.570. The van der Waals surface area contributed by atoms with Gasteiger partial charge >= 0.3 is 0 Å². The number of piperidine rings is 1. The van der Waals surface area contributed by atoms with E-state index in [1.165, 1.54) is 0 Å². The molecule has 2 unspecified atom stereocenters. The first-order valence-corrected chi connectivity index (χ1v) is 6.08. The third-order valence-corrected chi connectivity index (χ3v) is 3.27. The maximum absolute atomic E-state index is 11.8. The summed E-state index contributed by atoms with van der Waals surface area (Å²) < 4.78 is 0. The van der Waals surface area contributed by atoms with Gasteiger partial charge in [-0.2, -0.15) is 0 Å². The third-order valence-electron chi connectivity index (χ3n) is 3.27. The van der Waals surface area contributed by atoms with Crippen LogP contribution in [-0.2, 0) is 4.79 Å². The second-order valence-electron chi connectivity index (χ2n) is 5.05. The van der Waals surface area contributed by atoms with Gasteiger partial charge in [-0.3, -0.25) is 4.79 Å². The lowest BCUT2D eigenvalue weighted by molar-refractivity contribution is -0.133. The van der Waals surface area contributed by atoms with E-state index in [2.05, 4.69) is 13.8 Å². The Morgan fingerprint density at radius 3 is 2.67 bits per heavy atom. The minimum absolute atomic E-state index is 0.173. The molecule has 0 saturated carbocycles. The summed E-state index contributed by atoms with van der Waals surface area (Å²) >= 11 is 0. The van der Waals surface area contributed by atoms with Crippen LogP contribution < -0.4 is 5.73 Å². The molecular formula is C12H24N2O. The van der Waals surface area contributed by atoms with E-state index in [-0.39, 0.29) is 11.9 Å². The molecule has 1 fully saturated rings. The van der Waals surface area contributed by atoms with E-state index >= 15 is 0 Å². The summed E-state index contributed by atoms with van der Waals surface area (Å²) in [7, 11) is 0. The smallest absolute Gasteiger partial charge is 0.222 e. The van der Waals surface area contributed by atoms with Crippen molar-refractivity contribution in [1.29, 1.82) is 0 Å². The molecule has 1 aliphatic heterocycles. The molecule has 0 aromatic rings. The van der Waals surface area contributed by atoms with Crippen molar-refractivity contribution in [2.75, 3.05) is 13.1 Å². The quantitative estimate of drug-likeness (QED) is 0.772. The van der Waals surface area contributed by atoms with Gasteiger partial charge in [-0.25, -0.2) is 0 Å². The van der Waals surface area contributed by atoms with Crippen LogP contribution in [0.25, 0.3) is 0 Å². The lowest BCUT2D eigenvalue weighted by Crippen LogP contribution is -2.50. The molecule has 0 radical (unpaired) electrons. The van der Waals surface area contributed by atoms with Crippen molar-refractivity contribution < 1.29 is 4.79 Å². The standard InChI is InChI=1S/C12H24N2O/c1-4-5-12(15)14-7-10(9(2)3)6-11(13)8-14/h9-11H,4-8,13H2,1-3H3. The number of likely N-dealkylation sites (tertiary alicyclic amines) is 1. The van der Waals surface area contributed by atoms with E-state index < -0.39 is 0 Å². The van der Waals surface area contributed by atoms with Crippen molar-refractivity contribution in [2.45, 2.75) is 46.1 Å². The summed E-state index contributed by atoms with van der Waals surface area (Å²) in [5, 5.41) is 0. The Labute approximate surface area is 93.0 Å². The van der Waals surface area contributed by atoms with Gasteiger partial charge in [-0.05, 0) is 24.7 Å². The largest absolute Gasteiger partial charge is 0.341 e. The molecule has 0 bridgehead atoms. The van der Waals surface area contributed by atoms with Crippen molar-refractivity contribution in [2.24, 2.45) is 17.6 Å². The third kappa shape index (κ3) is 3.49. The van der Waals surface area contributed by atoms with Crippen molar-refractivity contribution in [1.82, 2.24) is 4.90 Å². The number of carbonyl (C=O) groups excluding carboxylic acids is 1. The Balaban J connectivity index is 2.55. The number of carbonyl (C=O) groups is 1. The highest BCUT2D eigenvalue weighted by Gasteiger charge is 2.29. The summed E-state index contributed by atoms with van der Waals surface area (Å²) in [6, 6.07) is 0.173. The fourth-order valence-electron chi connectivity index (χ4n) is 2.24. The first kappa shape index (κ1) is 12.5. The van der Waals surface area contributed by atoms with Gasteiger partial charge in [-0.1, -0.05) is 20.8 Å². The molecule has 2 N–H and O–H groups in total. The first-order valence-electron chi connectivity index (χ1n) is 6.08. The zero-order chi connectivity index (χ0) is 11.4. The molecular weight excluding hydrogens is 188 g/mol. The van der Waals surface area contributed by atoms with Gasteiger partial charge in [0.15, 0.2) is 0 Å². The highest BCUT2D eigenvalue weighted by atomic mass is 16.2. The molecule has 1 saturated heterocycles. The molecule has 2 atom stereocenters. The van der Waals surface area contributed by atoms with Crippen LogP contribution >= 0.6 is 0 Å². The average molecular weight is 212 g/mol. The van der Waals surface area contributed by atoms with E-state index in [0.29, 0.717) is 18.3 Å². The maximum Gasteiger partial charge on any atom is 0.222 e. The van der Waals surface area contributed by atoms with E-state index in [9.17, 15) is 4.79 Å². The van der Waals surface area contributed by atoms with Crippen LogP contribution in [0.1, 0.15) is 40.0 Å². The molecule has 1 amide bonds. The molecule has 1 rings (SSSR count). The van der Waals surface area contributed by atoms with Gasteiger partial charge in [0.2, 0.25) is 5.91 Å². The minimum Gasteiger partial charge on any atom is -0.341 e. The Bertz CT molecular complexity index is 216. The fraction of sp³-hybridized carbons (Fsp3) is 0.917. The van der Waals surface area contributed by atoms with Gasteiger partial charge in [-0.15, -0.1) is 0 Å². The number of hydrogen-bond donors (Lipinski definition) is 1. The van der Waals surface area contributed by atoms with Crippen LogP contribution in [0.3, 0.4) is 0 Å². The zero-order valence-electron chi connectivity index (χ0n) is 10.2. The normalized spacial score (nSPS) is 27.1. The topological polar surface area (TPSA) is 46.3 Å². The van der Waals surface area contributed by atoms with Gasteiger partial charge in [0.1, 0.15) is 0 Å². The maximum atomic E-state index is 11.8. The molecule has 1 heterocycles. The van der Waals surface area contributed by atoms with Crippen LogP contribution in [0.2, 0.25) is 0 Å². The Morgan fingerprint density at radius 1 is 1.47 bits per heavy atom. The molecule has 1 aliphatic rings. The number of nitrogens with zero attached hydrogens (tertiary/aromatic N) is 1. The number of rotatable bonds is 3. The van der Waals surface area contributed by atoms with Crippen LogP contribution in [-0.4, -0.2) is 29.9 Å². The van der Waals surface area contributed by atoms with E-state index in [0.717, 1.165) is 25.9 Å². The zero-order valence-corrected chi connectivity index (χ0v) is 10.2. The molecule has 0 spiro atoms. The fourth-order valence-corrected chi connectivity index (χ4v) is 2.24. The number of amides is 1. The second kappa shape index (κ2) is 5.50. The lowest BCUT2D eigenvalue weighted by atomic mass is 9.85. The minimum atomic E-state index is 0.173. The molecule has 0 aliphatic carbocycles. The molecule has 0 aromatic heterocycles. The van der Waals surface area contributed by atoms with E-state index in [1.54, 1.807) is 0 Å². The lowest BCUT2D eigenvalue weighted by Gasteiger charge is -2.38. The summed E-state index contributed by atoms with van der Waals surface area (Å²) in [5.41, 5.74) is 5.99. The van der Waals surface area contributed by atoms with Gasteiger partial charge < -0.3 is 10.6 Å². The predicted octanol–water partition coefficient (Wildman–Crippen LogP) is 1.62. The van der Waals surface area contributed by atoms with Gasteiger partial charge in [0.25, 0.3) is 0 Å². The summed E-state index contributed by atoms with van der Waals surface area (Å²) in [4.78, 5) is 13.7. The van der Waals surface area contributed by atoms with Crippen molar-refractivity contribution in [3.05, 3.63) is 0 Å². The average Bonchev–Trinajstić information content (AvgIpc) is 2.17. The molecule has 3 nitrogen and oxygen atoms in total. The predicted molar refractivity (Wildman–Crippen MR) is 62.4 cm³/mol. The SMILES string of the molecule is CCCC(=O)N1CC(N)CC(C(C)C)C1. The highest BCUT2D eigenvalue weighted by Crippen LogP contribution is 2.23. The number of hydrogen-bond acceptors (Lipinski definition) is 2. The van der Waals surface area contributed by atoms with Crippen LogP contribution in [0.4, 0.5) is 0 Å². The molecule has 0 aromatic carbocycles. The summed E-state index contributed by atoms with van der Waals surface area (Å²) in [6.07, 6.45) is 2.65. The van der Waals surface area contributed by atoms with Crippen molar-refractivity contribution in [3.8, 4) is 0 Å². The van der Waals surface area contributed by atoms with Crippen molar-refractivity contribution in [3.63, 3.8) is 0 Å². The highest BCUT2D eigenvalue weighted by molar-refractivity contribution is 5.76. The van der Waals surface area contributed by atoms with Gasteiger partial charge in [0, 0.05) is 25.6 Å². The Kier molecular flexibility index (Phi) is 4.58. The van der Waals surface area contributed by atoms with Gasteiger partial charge in [0.05, 0.1) is 0 Å². The first-order chi connectivity index (χ1) is 7.04. The van der Waals surface area contributed by atoms with E-state index in [4.69, 9.17) is 5.73 Å².